The molecule has 0 saturated heterocycles. The first-order valence-electron chi connectivity index (χ1n) is 6.60. The average molecular weight is 297 g/mol. The lowest BCUT2D eigenvalue weighted by Crippen LogP contribution is -2.06. The Morgan fingerprint density at radius 3 is 2.58 bits per heavy atom. The van der Waals surface area contributed by atoms with Gasteiger partial charge in [-0.25, -0.2) is 0 Å². The van der Waals surface area contributed by atoms with E-state index in [-0.39, 0.29) is 0 Å². The molecule has 4 heteroatoms. The summed E-state index contributed by atoms with van der Waals surface area (Å²) in [7, 11) is 0. The molecule has 0 radical (unpaired) electrons. The summed E-state index contributed by atoms with van der Waals surface area (Å²) in [6.07, 6.45) is 2.00. The normalized spacial score (nSPS) is 11.0. The molecule has 0 aliphatic heterocycles. The third kappa shape index (κ3) is 2.80. The topological polar surface area (TPSA) is 24.9 Å². The zero-order valence-corrected chi connectivity index (χ0v) is 13.0. The Hall–Kier alpha value is -0.990. The van der Waals surface area contributed by atoms with Crippen LogP contribution in [0.4, 0.5) is 5.69 Å². The minimum absolute atomic E-state index is 0.620. The summed E-state index contributed by atoms with van der Waals surface area (Å²) in [4.78, 5) is 4.63. The van der Waals surface area contributed by atoms with Crippen LogP contribution >= 0.6 is 23.2 Å². The van der Waals surface area contributed by atoms with Gasteiger partial charge >= 0.3 is 0 Å². The molecule has 0 aliphatic carbocycles. The molecule has 0 saturated carbocycles. The van der Waals surface area contributed by atoms with Gasteiger partial charge in [-0.1, -0.05) is 37.0 Å². The van der Waals surface area contributed by atoms with Crippen molar-refractivity contribution < 1.29 is 0 Å². The number of pyridine rings is 1. The van der Waals surface area contributed by atoms with E-state index < -0.39 is 0 Å². The second-order valence-corrected chi connectivity index (χ2v) is 5.46. The van der Waals surface area contributed by atoms with Crippen molar-refractivity contribution in [3.63, 3.8) is 0 Å². The van der Waals surface area contributed by atoms with E-state index in [2.05, 4.69) is 24.1 Å². The number of fused-ring (bicyclic) bond motifs is 1. The van der Waals surface area contributed by atoms with E-state index in [9.17, 15) is 0 Å². The molecule has 19 heavy (non-hydrogen) atoms. The van der Waals surface area contributed by atoms with Gasteiger partial charge in [0.25, 0.3) is 0 Å². The molecule has 2 nitrogen and oxygen atoms in total. The maximum absolute atomic E-state index is 6.36. The Balaban J connectivity index is 2.77. The van der Waals surface area contributed by atoms with Gasteiger partial charge in [0.05, 0.1) is 16.2 Å². The van der Waals surface area contributed by atoms with Gasteiger partial charge in [0.15, 0.2) is 0 Å². The third-order valence-electron chi connectivity index (χ3n) is 3.22. The van der Waals surface area contributed by atoms with Gasteiger partial charge in [-0.05, 0) is 37.5 Å². The minimum atomic E-state index is 0.620. The zero-order chi connectivity index (χ0) is 14.0. The highest BCUT2D eigenvalue weighted by Crippen LogP contribution is 2.36. The zero-order valence-electron chi connectivity index (χ0n) is 11.5. The Morgan fingerprint density at radius 2 is 1.95 bits per heavy atom. The maximum Gasteiger partial charge on any atom is 0.0756 e. The van der Waals surface area contributed by atoms with Gasteiger partial charge < -0.3 is 5.32 Å². The molecule has 0 unspecified atom stereocenters. The monoisotopic (exact) mass is 296 g/mol. The molecule has 2 aromatic rings. The second-order valence-electron chi connectivity index (χ2n) is 4.61. The van der Waals surface area contributed by atoms with Crippen LogP contribution in [0.25, 0.3) is 10.9 Å². The number of aromatic nitrogens is 1. The molecule has 1 aromatic heterocycles. The number of hydrogen-bond donors (Lipinski definition) is 1. The molecule has 0 bridgehead atoms. The predicted molar refractivity (Wildman–Crippen MR) is 84.7 cm³/mol. The number of rotatable bonds is 4. The van der Waals surface area contributed by atoms with Crippen LogP contribution in [0, 0.1) is 6.92 Å². The fourth-order valence-electron chi connectivity index (χ4n) is 2.35. The number of anilines is 1. The lowest BCUT2D eigenvalue weighted by atomic mass is 10.0. The Labute approximate surface area is 124 Å². The van der Waals surface area contributed by atoms with Crippen LogP contribution in [0.2, 0.25) is 10.0 Å². The number of nitrogens with zero attached hydrogens (tertiary/aromatic N) is 1. The smallest absolute Gasteiger partial charge is 0.0756 e. The molecule has 0 amide bonds. The van der Waals surface area contributed by atoms with Gasteiger partial charge in [-0.2, -0.15) is 0 Å². The highest BCUT2D eigenvalue weighted by Gasteiger charge is 2.14. The van der Waals surface area contributed by atoms with E-state index in [4.69, 9.17) is 23.2 Å². The van der Waals surface area contributed by atoms with Crippen molar-refractivity contribution in [1.82, 2.24) is 4.98 Å². The SMILES string of the molecule is CCCNc1c(CC)c(C)nc2cc(Cl)cc(Cl)c12. The van der Waals surface area contributed by atoms with Gasteiger partial charge in [-0.15, -0.1) is 0 Å². The summed E-state index contributed by atoms with van der Waals surface area (Å²) in [5, 5.41) is 5.74. The molecule has 1 N–H and O–H groups in total. The van der Waals surface area contributed by atoms with Gasteiger partial charge in [-0.3, -0.25) is 4.98 Å². The fraction of sp³-hybridized carbons (Fsp3) is 0.400. The number of benzene rings is 1. The Kier molecular flexibility index (Phi) is 4.54. The maximum atomic E-state index is 6.36. The summed E-state index contributed by atoms with van der Waals surface area (Å²) in [5.74, 6) is 0. The van der Waals surface area contributed by atoms with Crippen molar-refractivity contribution in [1.29, 1.82) is 0 Å². The van der Waals surface area contributed by atoms with Crippen molar-refractivity contribution in [3.8, 4) is 0 Å². The molecular weight excluding hydrogens is 279 g/mol. The van der Waals surface area contributed by atoms with Crippen molar-refractivity contribution in [2.24, 2.45) is 0 Å². The standard InChI is InChI=1S/C15H18Cl2N2/c1-4-6-18-15-11(5-2)9(3)19-13-8-10(16)7-12(17)14(13)15/h7-8H,4-6H2,1-3H3,(H,18,19). The second kappa shape index (κ2) is 5.98. The predicted octanol–water partition coefficient (Wildman–Crippen LogP) is 5.23. The highest BCUT2D eigenvalue weighted by atomic mass is 35.5. The number of aryl methyl sites for hydroxylation is 1. The average Bonchev–Trinajstić information content (AvgIpc) is 2.34. The summed E-state index contributed by atoms with van der Waals surface area (Å²) in [6.45, 7) is 7.23. The summed E-state index contributed by atoms with van der Waals surface area (Å²) >= 11 is 12.4. The minimum Gasteiger partial charge on any atom is -0.384 e. The molecule has 0 spiro atoms. The molecule has 0 aliphatic rings. The van der Waals surface area contributed by atoms with Crippen molar-refractivity contribution in [3.05, 3.63) is 33.4 Å². The van der Waals surface area contributed by atoms with Crippen molar-refractivity contribution in [2.45, 2.75) is 33.6 Å². The number of halogens is 2. The van der Waals surface area contributed by atoms with E-state index in [0.717, 1.165) is 41.7 Å². The molecule has 2 rings (SSSR count). The molecular formula is C15H18Cl2N2. The van der Waals surface area contributed by atoms with Crippen LogP contribution in [0.1, 0.15) is 31.5 Å². The third-order valence-corrected chi connectivity index (χ3v) is 3.73. The lowest BCUT2D eigenvalue weighted by molar-refractivity contribution is 0.969. The van der Waals surface area contributed by atoms with E-state index in [1.165, 1.54) is 5.56 Å². The summed E-state index contributed by atoms with van der Waals surface area (Å²) in [5.41, 5.74) is 4.22. The fourth-order valence-corrected chi connectivity index (χ4v) is 2.93. The van der Waals surface area contributed by atoms with E-state index in [1.807, 2.05) is 13.0 Å². The molecule has 102 valence electrons. The van der Waals surface area contributed by atoms with E-state index in [1.54, 1.807) is 6.07 Å². The van der Waals surface area contributed by atoms with Crippen LogP contribution in [0.5, 0.6) is 0 Å². The highest BCUT2D eigenvalue weighted by molar-refractivity contribution is 6.39. The largest absolute Gasteiger partial charge is 0.384 e. The Bertz CT molecular complexity index is 609. The number of nitrogens with one attached hydrogen (secondary N) is 1. The van der Waals surface area contributed by atoms with Crippen LogP contribution in [-0.2, 0) is 6.42 Å². The van der Waals surface area contributed by atoms with Gasteiger partial charge in [0, 0.05) is 22.6 Å². The molecule has 1 heterocycles. The van der Waals surface area contributed by atoms with Crippen LogP contribution in [-0.4, -0.2) is 11.5 Å². The first kappa shape index (κ1) is 14.4. The van der Waals surface area contributed by atoms with Gasteiger partial charge in [0.2, 0.25) is 0 Å². The lowest BCUT2D eigenvalue weighted by Gasteiger charge is -2.17. The molecule has 0 fully saturated rings. The first-order chi connectivity index (χ1) is 9.08. The summed E-state index contributed by atoms with van der Waals surface area (Å²) < 4.78 is 0. The molecule has 0 atom stereocenters. The van der Waals surface area contributed by atoms with Crippen LogP contribution in [0.3, 0.4) is 0 Å². The Morgan fingerprint density at radius 1 is 1.21 bits per heavy atom. The first-order valence-corrected chi connectivity index (χ1v) is 7.36. The molecule has 1 aromatic carbocycles. The van der Waals surface area contributed by atoms with E-state index >= 15 is 0 Å². The van der Waals surface area contributed by atoms with Crippen LogP contribution < -0.4 is 5.32 Å². The summed E-state index contributed by atoms with van der Waals surface area (Å²) in [6, 6.07) is 3.64. The van der Waals surface area contributed by atoms with Crippen molar-refractivity contribution >= 4 is 39.8 Å². The quantitative estimate of drug-likeness (QED) is 0.835. The van der Waals surface area contributed by atoms with Crippen LogP contribution in [0.15, 0.2) is 12.1 Å². The number of hydrogen-bond acceptors (Lipinski definition) is 2. The van der Waals surface area contributed by atoms with Crippen molar-refractivity contribution in [2.75, 3.05) is 11.9 Å². The van der Waals surface area contributed by atoms with Gasteiger partial charge in [0.1, 0.15) is 0 Å². The van der Waals surface area contributed by atoms with E-state index in [0.29, 0.717) is 10.0 Å².